The van der Waals surface area contributed by atoms with Crippen molar-refractivity contribution in [2.45, 2.75) is 0 Å². The van der Waals surface area contributed by atoms with Gasteiger partial charge in [0.15, 0.2) is 0 Å². The summed E-state index contributed by atoms with van der Waals surface area (Å²) in [5, 5.41) is 7.59. The van der Waals surface area contributed by atoms with Gasteiger partial charge in [-0.3, -0.25) is 4.79 Å². The molecular formula is C19H14N4OS. The molecular weight excluding hydrogens is 332 g/mol. The van der Waals surface area contributed by atoms with Crippen LogP contribution in [0.1, 0.15) is 15.5 Å². The Morgan fingerprint density at radius 1 is 1.12 bits per heavy atom. The summed E-state index contributed by atoms with van der Waals surface area (Å²) in [5.74, 6) is -0.289. The van der Waals surface area contributed by atoms with Gasteiger partial charge in [-0.05, 0) is 11.6 Å². The number of carbonyl (C=O) groups is 1. The summed E-state index contributed by atoms with van der Waals surface area (Å²) in [6, 6.07) is 17.7. The van der Waals surface area contributed by atoms with Gasteiger partial charge in [0.25, 0.3) is 5.91 Å². The molecule has 0 aliphatic carbocycles. The zero-order chi connectivity index (χ0) is 17.1. The number of hydrogen-bond donors (Lipinski definition) is 2. The molecule has 0 saturated heterocycles. The highest BCUT2D eigenvalue weighted by Gasteiger charge is 2.18. The number of nitrogens with one attached hydrogen (secondary N) is 2. The van der Waals surface area contributed by atoms with E-state index in [4.69, 9.17) is 0 Å². The van der Waals surface area contributed by atoms with Crippen LogP contribution in [0, 0.1) is 0 Å². The van der Waals surface area contributed by atoms with Gasteiger partial charge in [0.05, 0.1) is 6.21 Å². The van der Waals surface area contributed by atoms with E-state index in [0.717, 1.165) is 27.0 Å². The van der Waals surface area contributed by atoms with Gasteiger partial charge < -0.3 is 4.98 Å². The van der Waals surface area contributed by atoms with Gasteiger partial charge in [-0.1, -0.05) is 48.5 Å². The number of nitrogens with zero attached hydrogens (tertiary/aromatic N) is 2. The minimum atomic E-state index is -0.289. The molecule has 2 N–H and O–H groups in total. The van der Waals surface area contributed by atoms with Crippen molar-refractivity contribution < 1.29 is 4.79 Å². The second kappa shape index (κ2) is 6.70. The molecule has 6 heteroatoms. The van der Waals surface area contributed by atoms with E-state index in [1.165, 1.54) is 17.6 Å². The van der Waals surface area contributed by atoms with Crippen LogP contribution in [0.3, 0.4) is 0 Å². The molecule has 0 aliphatic heterocycles. The summed E-state index contributed by atoms with van der Waals surface area (Å²) in [5.41, 5.74) is 5.83. The molecule has 0 saturated carbocycles. The largest absolute Gasteiger partial charge is 0.350 e. The predicted octanol–water partition coefficient (Wildman–Crippen LogP) is 4.06. The molecule has 0 unspecified atom stereocenters. The normalized spacial score (nSPS) is 11.2. The molecule has 2 aromatic carbocycles. The van der Waals surface area contributed by atoms with E-state index in [9.17, 15) is 4.79 Å². The number of hydrazone groups is 1. The Kier molecular flexibility index (Phi) is 4.10. The summed E-state index contributed by atoms with van der Waals surface area (Å²) in [6.07, 6.45) is 3.23. The molecule has 0 bridgehead atoms. The lowest BCUT2D eigenvalue weighted by atomic mass is 10.0. The first kappa shape index (κ1) is 15.3. The molecule has 5 nitrogen and oxygen atoms in total. The molecule has 4 aromatic rings. The number of aromatic amines is 1. The summed E-state index contributed by atoms with van der Waals surface area (Å²) in [7, 11) is 0. The standard InChI is InChI=1S/C19H14N4OS/c24-19(23-21-12-16-20-10-11-25-16)18-17(13-6-2-1-3-7-13)14-8-4-5-9-15(14)22-18/h1-12,22H,(H,23,24)/b21-12+. The van der Waals surface area contributed by atoms with Crippen LogP contribution in [0.4, 0.5) is 0 Å². The van der Waals surface area contributed by atoms with E-state index >= 15 is 0 Å². The first-order valence-corrected chi connectivity index (χ1v) is 8.60. The Labute approximate surface area is 148 Å². The highest BCUT2D eigenvalue weighted by Crippen LogP contribution is 2.32. The maximum atomic E-state index is 12.7. The van der Waals surface area contributed by atoms with Crippen molar-refractivity contribution in [3.63, 3.8) is 0 Å². The summed E-state index contributed by atoms with van der Waals surface area (Å²) < 4.78 is 0. The van der Waals surface area contributed by atoms with Crippen molar-refractivity contribution in [1.29, 1.82) is 0 Å². The number of benzene rings is 2. The molecule has 0 fully saturated rings. The van der Waals surface area contributed by atoms with Crippen molar-refractivity contribution in [2.75, 3.05) is 0 Å². The Balaban J connectivity index is 1.72. The Hall–Kier alpha value is -3.25. The molecule has 1 amide bonds. The van der Waals surface area contributed by atoms with Crippen LogP contribution < -0.4 is 5.43 Å². The predicted molar refractivity (Wildman–Crippen MR) is 101 cm³/mol. The van der Waals surface area contributed by atoms with Gasteiger partial charge in [-0.2, -0.15) is 5.10 Å². The summed E-state index contributed by atoms with van der Waals surface area (Å²) in [4.78, 5) is 20.0. The van der Waals surface area contributed by atoms with Crippen molar-refractivity contribution in [2.24, 2.45) is 5.10 Å². The molecule has 2 aromatic heterocycles. The number of aromatic nitrogens is 2. The molecule has 122 valence electrons. The molecule has 2 heterocycles. The lowest BCUT2D eigenvalue weighted by Crippen LogP contribution is -2.18. The first-order valence-electron chi connectivity index (χ1n) is 7.72. The van der Waals surface area contributed by atoms with Crippen molar-refractivity contribution >= 4 is 34.4 Å². The van der Waals surface area contributed by atoms with Crippen LogP contribution in [-0.2, 0) is 0 Å². The number of amides is 1. The van der Waals surface area contributed by atoms with Gasteiger partial charge in [-0.25, -0.2) is 10.4 Å². The fourth-order valence-electron chi connectivity index (χ4n) is 2.72. The summed E-state index contributed by atoms with van der Waals surface area (Å²) >= 11 is 1.45. The van der Waals surface area contributed by atoms with Crippen LogP contribution in [0.25, 0.3) is 22.0 Å². The second-order valence-corrected chi connectivity index (χ2v) is 6.28. The SMILES string of the molecule is O=C(N/N=C/c1nccs1)c1[nH]c2ccccc2c1-c1ccccc1. The fraction of sp³-hybridized carbons (Fsp3) is 0. The highest BCUT2D eigenvalue weighted by molar-refractivity contribution is 7.11. The number of H-pyrrole nitrogens is 1. The number of thiazole rings is 1. The fourth-order valence-corrected chi connectivity index (χ4v) is 3.21. The molecule has 0 spiro atoms. The van der Waals surface area contributed by atoms with Gasteiger partial charge >= 0.3 is 0 Å². The third kappa shape index (κ3) is 3.07. The van der Waals surface area contributed by atoms with Crippen molar-refractivity contribution in [3.05, 3.63) is 76.9 Å². The molecule has 4 rings (SSSR count). The van der Waals surface area contributed by atoms with Gasteiger partial charge in [0.2, 0.25) is 0 Å². The minimum Gasteiger partial charge on any atom is -0.350 e. The van der Waals surface area contributed by atoms with E-state index < -0.39 is 0 Å². The Bertz CT molecular complexity index is 1040. The zero-order valence-corrected chi connectivity index (χ0v) is 14.0. The molecule has 25 heavy (non-hydrogen) atoms. The number of carbonyl (C=O) groups excluding carboxylic acids is 1. The van der Waals surface area contributed by atoms with E-state index in [2.05, 4.69) is 20.5 Å². The first-order chi connectivity index (χ1) is 12.3. The molecule has 0 aliphatic rings. The Morgan fingerprint density at radius 2 is 1.92 bits per heavy atom. The van der Waals surface area contributed by atoms with Crippen LogP contribution >= 0.6 is 11.3 Å². The topological polar surface area (TPSA) is 70.1 Å². The Morgan fingerprint density at radius 3 is 2.72 bits per heavy atom. The third-order valence-electron chi connectivity index (χ3n) is 3.79. The number of para-hydroxylation sites is 1. The van der Waals surface area contributed by atoms with Crippen molar-refractivity contribution in [1.82, 2.24) is 15.4 Å². The number of hydrogen-bond acceptors (Lipinski definition) is 4. The maximum Gasteiger partial charge on any atom is 0.288 e. The monoisotopic (exact) mass is 346 g/mol. The zero-order valence-electron chi connectivity index (χ0n) is 13.1. The quantitative estimate of drug-likeness (QED) is 0.432. The maximum absolute atomic E-state index is 12.7. The van der Waals surface area contributed by atoms with E-state index in [0.29, 0.717) is 5.69 Å². The highest BCUT2D eigenvalue weighted by atomic mass is 32.1. The van der Waals surface area contributed by atoms with Gasteiger partial charge in [0, 0.05) is 28.0 Å². The molecule has 0 radical (unpaired) electrons. The van der Waals surface area contributed by atoms with E-state index in [1.807, 2.05) is 60.0 Å². The lowest BCUT2D eigenvalue weighted by molar-refractivity contribution is 0.0951. The smallest absolute Gasteiger partial charge is 0.288 e. The summed E-state index contributed by atoms with van der Waals surface area (Å²) in [6.45, 7) is 0. The van der Waals surface area contributed by atoms with E-state index in [-0.39, 0.29) is 5.91 Å². The van der Waals surface area contributed by atoms with Gasteiger partial charge in [-0.15, -0.1) is 11.3 Å². The average Bonchev–Trinajstić information content (AvgIpc) is 3.30. The average molecular weight is 346 g/mol. The van der Waals surface area contributed by atoms with Crippen LogP contribution in [0.15, 0.2) is 71.3 Å². The van der Waals surface area contributed by atoms with Crippen LogP contribution in [-0.4, -0.2) is 22.1 Å². The van der Waals surface area contributed by atoms with Gasteiger partial charge in [0.1, 0.15) is 10.7 Å². The number of fused-ring (bicyclic) bond motifs is 1. The lowest BCUT2D eigenvalue weighted by Gasteiger charge is -2.04. The van der Waals surface area contributed by atoms with Crippen LogP contribution in [0.2, 0.25) is 0 Å². The number of rotatable bonds is 4. The van der Waals surface area contributed by atoms with Crippen molar-refractivity contribution in [3.8, 4) is 11.1 Å². The van der Waals surface area contributed by atoms with E-state index in [1.54, 1.807) is 6.20 Å². The third-order valence-corrected chi connectivity index (χ3v) is 4.50. The van der Waals surface area contributed by atoms with Crippen LogP contribution in [0.5, 0.6) is 0 Å². The molecule has 0 atom stereocenters. The minimum absolute atomic E-state index is 0.289. The second-order valence-electron chi connectivity index (χ2n) is 5.36.